The van der Waals surface area contributed by atoms with Gasteiger partial charge in [-0.05, 0) is 24.0 Å². The molecule has 0 aromatic heterocycles. The van der Waals surface area contributed by atoms with Gasteiger partial charge in [0.15, 0.2) is 0 Å². The van der Waals surface area contributed by atoms with Gasteiger partial charge < -0.3 is 5.32 Å². The number of nitriles is 1. The van der Waals surface area contributed by atoms with E-state index in [1.807, 2.05) is 31.2 Å². The van der Waals surface area contributed by atoms with Gasteiger partial charge in [-0.25, -0.2) is 0 Å². The van der Waals surface area contributed by atoms with Crippen molar-refractivity contribution < 1.29 is 4.79 Å². The second kappa shape index (κ2) is 7.58. The number of hydrogen-bond acceptors (Lipinski definition) is 2. The van der Waals surface area contributed by atoms with E-state index in [0.717, 1.165) is 24.1 Å². The Morgan fingerprint density at radius 3 is 2.63 bits per heavy atom. The molecule has 1 aromatic rings. The zero-order valence-electron chi connectivity index (χ0n) is 11.9. The Morgan fingerprint density at radius 2 is 2.05 bits per heavy atom. The average molecular weight is 258 g/mol. The summed E-state index contributed by atoms with van der Waals surface area (Å²) in [5, 5.41) is 11.9. The lowest BCUT2D eigenvalue weighted by molar-refractivity contribution is -0.116. The van der Waals surface area contributed by atoms with Gasteiger partial charge in [0.2, 0.25) is 5.91 Å². The van der Waals surface area contributed by atoms with Crippen LogP contribution in [0.4, 0.5) is 5.69 Å². The van der Waals surface area contributed by atoms with Crippen molar-refractivity contribution in [3.8, 4) is 6.07 Å². The summed E-state index contributed by atoms with van der Waals surface area (Å²) in [6.45, 7) is 6.22. The number of benzene rings is 1. The third-order valence-corrected chi connectivity index (χ3v) is 3.11. The normalized spacial score (nSPS) is 11.9. The lowest BCUT2D eigenvalue weighted by atomic mass is 9.99. The summed E-state index contributed by atoms with van der Waals surface area (Å²) in [4.78, 5) is 12.0. The van der Waals surface area contributed by atoms with Crippen molar-refractivity contribution in [2.75, 3.05) is 5.32 Å². The average Bonchev–Trinajstić information content (AvgIpc) is 2.38. The molecule has 1 amide bonds. The van der Waals surface area contributed by atoms with Gasteiger partial charge in [0, 0.05) is 12.1 Å². The Hall–Kier alpha value is -1.82. The molecule has 0 spiro atoms. The van der Waals surface area contributed by atoms with Gasteiger partial charge in [-0.3, -0.25) is 4.79 Å². The van der Waals surface area contributed by atoms with Gasteiger partial charge in [-0.1, -0.05) is 45.4 Å². The van der Waals surface area contributed by atoms with E-state index < -0.39 is 0 Å². The molecule has 1 N–H and O–H groups in total. The first-order chi connectivity index (χ1) is 9.08. The molecule has 1 rings (SSSR count). The molecule has 0 saturated heterocycles. The molecule has 3 heteroatoms. The minimum absolute atomic E-state index is 0.0758. The van der Waals surface area contributed by atoms with Crippen LogP contribution in [0.15, 0.2) is 24.3 Å². The molecule has 1 aromatic carbocycles. The summed E-state index contributed by atoms with van der Waals surface area (Å²) in [5.74, 6) is 0.100. The van der Waals surface area contributed by atoms with Crippen molar-refractivity contribution in [1.29, 1.82) is 5.26 Å². The van der Waals surface area contributed by atoms with Crippen molar-refractivity contribution in [2.24, 2.45) is 5.92 Å². The van der Waals surface area contributed by atoms with E-state index in [-0.39, 0.29) is 18.2 Å². The summed E-state index contributed by atoms with van der Waals surface area (Å²) in [5.41, 5.74) is 1.98. The van der Waals surface area contributed by atoms with Crippen LogP contribution < -0.4 is 5.32 Å². The number of para-hydroxylation sites is 1. The van der Waals surface area contributed by atoms with Crippen molar-refractivity contribution >= 4 is 11.6 Å². The smallest absolute Gasteiger partial charge is 0.225 e. The molecule has 0 fully saturated rings. The van der Waals surface area contributed by atoms with Crippen LogP contribution >= 0.6 is 0 Å². The van der Waals surface area contributed by atoms with Crippen LogP contribution in [0, 0.1) is 17.2 Å². The van der Waals surface area contributed by atoms with Crippen molar-refractivity contribution in [1.82, 2.24) is 0 Å². The number of anilines is 1. The molecule has 0 radical (unpaired) electrons. The van der Waals surface area contributed by atoms with Gasteiger partial charge in [-0.15, -0.1) is 0 Å². The highest BCUT2D eigenvalue weighted by Crippen LogP contribution is 2.24. The van der Waals surface area contributed by atoms with Crippen LogP contribution in [0.5, 0.6) is 0 Å². The van der Waals surface area contributed by atoms with E-state index in [1.165, 1.54) is 0 Å². The lowest BCUT2D eigenvalue weighted by Crippen LogP contribution is -2.17. The largest absolute Gasteiger partial charge is 0.326 e. The lowest BCUT2D eigenvalue weighted by Gasteiger charge is -2.14. The highest BCUT2D eigenvalue weighted by atomic mass is 16.1. The fourth-order valence-electron chi connectivity index (χ4n) is 2.10. The molecule has 0 aliphatic rings. The van der Waals surface area contributed by atoms with Crippen LogP contribution in [-0.2, 0) is 4.79 Å². The van der Waals surface area contributed by atoms with E-state index in [2.05, 4.69) is 25.2 Å². The minimum atomic E-state index is -0.184. The van der Waals surface area contributed by atoms with E-state index in [4.69, 9.17) is 5.26 Å². The zero-order valence-corrected chi connectivity index (χ0v) is 11.9. The van der Waals surface area contributed by atoms with Gasteiger partial charge in [-0.2, -0.15) is 5.26 Å². The molecular formula is C16H22N2O. The van der Waals surface area contributed by atoms with Crippen LogP contribution in [0.25, 0.3) is 0 Å². The standard InChI is InChI=1S/C16H22N2O/c1-4-7-13(11-17)10-16(19)18-15-9-6-5-8-14(15)12(2)3/h5-6,8-9,12-13H,4,7,10H2,1-3H3,(H,18,19). The molecule has 0 aliphatic heterocycles. The third kappa shape index (κ3) is 4.75. The molecule has 0 heterocycles. The predicted octanol–water partition coefficient (Wildman–Crippen LogP) is 4.08. The summed E-state index contributed by atoms with van der Waals surface area (Å²) < 4.78 is 0. The fourth-order valence-corrected chi connectivity index (χ4v) is 2.10. The number of carbonyl (C=O) groups is 1. The molecule has 1 atom stereocenters. The van der Waals surface area contributed by atoms with Crippen molar-refractivity contribution in [3.05, 3.63) is 29.8 Å². The highest BCUT2D eigenvalue weighted by molar-refractivity contribution is 5.91. The maximum Gasteiger partial charge on any atom is 0.225 e. The quantitative estimate of drug-likeness (QED) is 0.836. The van der Waals surface area contributed by atoms with Crippen LogP contribution in [0.1, 0.15) is 51.5 Å². The maximum atomic E-state index is 12.0. The number of amides is 1. The molecule has 0 aliphatic carbocycles. The fraction of sp³-hybridized carbons (Fsp3) is 0.500. The Kier molecular flexibility index (Phi) is 6.08. The van der Waals surface area contributed by atoms with Gasteiger partial charge >= 0.3 is 0 Å². The topological polar surface area (TPSA) is 52.9 Å². The van der Waals surface area contributed by atoms with Gasteiger partial charge in [0.05, 0.1) is 12.0 Å². The number of hydrogen-bond donors (Lipinski definition) is 1. The SMILES string of the molecule is CCCC(C#N)CC(=O)Nc1ccccc1C(C)C. The van der Waals surface area contributed by atoms with Gasteiger partial charge in [0.1, 0.15) is 0 Å². The van der Waals surface area contributed by atoms with E-state index >= 15 is 0 Å². The van der Waals surface area contributed by atoms with Crippen molar-refractivity contribution in [3.63, 3.8) is 0 Å². The van der Waals surface area contributed by atoms with E-state index in [9.17, 15) is 4.79 Å². The van der Waals surface area contributed by atoms with E-state index in [0.29, 0.717) is 5.92 Å². The molecule has 3 nitrogen and oxygen atoms in total. The summed E-state index contributed by atoms with van der Waals surface area (Å²) in [6.07, 6.45) is 1.97. The van der Waals surface area contributed by atoms with Gasteiger partial charge in [0.25, 0.3) is 0 Å². The first-order valence-electron chi connectivity index (χ1n) is 6.86. The number of nitrogens with one attached hydrogen (secondary N) is 1. The van der Waals surface area contributed by atoms with Crippen LogP contribution in [-0.4, -0.2) is 5.91 Å². The number of rotatable bonds is 6. The highest BCUT2D eigenvalue weighted by Gasteiger charge is 2.14. The Balaban J connectivity index is 2.70. The second-order valence-corrected chi connectivity index (χ2v) is 5.11. The van der Waals surface area contributed by atoms with E-state index in [1.54, 1.807) is 0 Å². The van der Waals surface area contributed by atoms with Crippen molar-refractivity contribution in [2.45, 2.75) is 46.0 Å². The minimum Gasteiger partial charge on any atom is -0.326 e. The first-order valence-corrected chi connectivity index (χ1v) is 6.86. The molecule has 102 valence electrons. The Morgan fingerprint density at radius 1 is 1.37 bits per heavy atom. The summed E-state index contributed by atoms with van der Waals surface area (Å²) >= 11 is 0. The molecule has 0 bridgehead atoms. The molecule has 1 unspecified atom stereocenters. The Bertz CT molecular complexity index is 460. The summed E-state index contributed by atoms with van der Waals surface area (Å²) in [6, 6.07) is 10.0. The maximum absolute atomic E-state index is 12.0. The van der Waals surface area contributed by atoms with Crippen LogP contribution in [0.3, 0.4) is 0 Å². The predicted molar refractivity (Wildman–Crippen MR) is 77.8 cm³/mol. The van der Waals surface area contributed by atoms with Crippen LogP contribution in [0.2, 0.25) is 0 Å². The zero-order chi connectivity index (χ0) is 14.3. The Labute approximate surface area is 115 Å². The second-order valence-electron chi connectivity index (χ2n) is 5.11. The molecular weight excluding hydrogens is 236 g/mol. The third-order valence-electron chi connectivity index (χ3n) is 3.11. The first kappa shape index (κ1) is 15.2. The monoisotopic (exact) mass is 258 g/mol. The molecule has 19 heavy (non-hydrogen) atoms. The summed E-state index contributed by atoms with van der Waals surface area (Å²) in [7, 11) is 0. The molecule has 0 saturated carbocycles. The number of carbonyl (C=O) groups excluding carboxylic acids is 1. The number of nitrogens with zero attached hydrogens (tertiary/aromatic N) is 1.